The molecule has 2 heterocycles. The third kappa shape index (κ3) is 2.76. The van der Waals surface area contributed by atoms with E-state index in [1.54, 1.807) is 17.1 Å². The van der Waals surface area contributed by atoms with Crippen LogP contribution in [0.5, 0.6) is 0 Å². The molecule has 0 aliphatic rings. The van der Waals surface area contributed by atoms with Crippen LogP contribution in [0.4, 0.5) is 0 Å². The minimum Gasteiger partial charge on any atom is -0.478 e. The normalized spacial score (nSPS) is 11.1. The van der Waals surface area contributed by atoms with Gasteiger partial charge in [-0.1, -0.05) is 13.8 Å². The van der Waals surface area contributed by atoms with Gasteiger partial charge in [0, 0.05) is 24.3 Å². The summed E-state index contributed by atoms with van der Waals surface area (Å²) in [6.45, 7) is 4.98. The summed E-state index contributed by atoms with van der Waals surface area (Å²) in [5.74, 6) is -0.401. The fraction of sp³-hybridized carbons (Fsp3) is 0.417. The molecule has 0 aliphatic carbocycles. The van der Waals surface area contributed by atoms with Crippen molar-refractivity contribution in [3.63, 3.8) is 0 Å². The lowest BCUT2D eigenvalue weighted by Gasteiger charge is -2.03. The quantitative estimate of drug-likeness (QED) is 0.902. The second-order valence-corrected chi connectivity index (χ2v) is 5.37. The highest BCUT2D eigenvalue weighted by molar-refractivity contribution is 7.13. The van der Waals surface area contributed by atoms with Gasteiger partial charge >= 0.3 is 5.97 Å². The first-order valence-corrected chi connectivity index (χ1v) is 6.66. The van der Waals surface area contributed by atoms with Crippen LogP contribution in [0.3, 0.4) is 0 Å². The molecule has 1 N–H and O–H groups in total. The summed E-state index contributed by atoms with van der Waals surface area (Å²) in [6.07, 6.45) is 4.21. The molecule has 6 heteroatoms. The zero-order chi connectivity index (χ0) is 13.1. The van der Waals surface area contributed by atoms with Crippen molar-refractivity contribution in [2.45, 2.75) is 26.8 Å². The largest absolute Gasteiger partial charge is 0.478 e. The number of carboxylic acids is 1. The Morgan fingerprint density at radius 2 is 2.33 bits per heavy atom. The lowest BCUT2D eigenvalue weighted by atomic mass is 10.1. The molecule has 0 fully saturated rings. The number of hydrogen-bond donors (Lipinski definition) is 1. The first kappa shape index (κ1) is 12.8. The number of nitrogens with zero attached hydrogens (tertiary/aromatic N) is 3. The molecule has 2 aromatic rings. The van der Waals surface area contributed by atoms with Crippen LogP contribution < -0.4 is 0 Å². The number of aromatic carboxylic acids is 1. The van der Waals surface area contributed by atoms with Crippen molar-refractivity contribution >= 4 is 17.3 Å². The molecule has 5 nitrogen and oxygen atoms in total. The number of aromatic nitrogens is 3. The minimum atomic E-state index is -0.962. The van der Waals surface area contributed by atoms with Crippen molar-refractivity contribution in [1.29, 1.82) is 0 Å². The maximum absolute atomic E-state index is 11.2. The Kier molecular flexibility index (Phi) is 3.76. The third-order valence-corrected chi connectivity index (χ3v) is 3.34. The van der Waals surface area contributed by atoms with Crippen LogP contribution in [0.1, 0.15) is 30.6 Å². The average Bonchev–Trinajstić information content (AvgIpc) is 2.95. The van der Waals surface area contributed by atoms with Gasteiger partial charge in [-0.2, -0.15) is 5.10 Å². The summed E-state index contributed by atoms with van der Waals surface area (Å²) in [4.78, 5) is 15.3. The number of rotatable bonds is 5. The monoisotopic (exact) mass is 265 g/mol. The molecule has 0 radical (unpaired) electrons. The van der Waals surface area contributed by atoms with Gasteiger partial charge in [0.05, 0.1) is 0 Å². The van der Waals surface area contributed by atoms with Gasteiger partial charge in [0.15, 0.2) is 0 Å². The Bertz CT molecular complexity index is 532. The van der Waals surface area contributed by atoms with Crippen molar-refractivity contribution in [3.8, 4) is 10.7 Å². The van der Waals surface area contributed by atoms with Gasteiger partial charge in [-0.05, 0) is 12.3 Å². The molecule has 0 bridgehead atoms. The summed E-state index contributed by atoms with van der Waals surface area (Å²) in [7, 11) is 0. The number of carboxylic acid groups (broad SMARTS) is 1. The Morgan fingerprint density at radius 3 is 2.89 bits per heavy atom. The van der Waals surface area contributed by atoms with Crippen LogP contribution in [-0.2, 0) is 6.54 Å². The van der Waals surface area contributed by atoms with E-state index >= 15 is 0 Å². The predicted molar refractivity (Wildman–Crippen MR) is 69.7 cm³/mol. The summed E-state index contributed by atoms with van der Waals surface area (Å²) < 4.78 is 1.69. The summed E-state index contributed by atoms with van der Waals surface area (Å²) in [5, 5.41) is 16.0. The van der Waals surface area contributed by atoms with Gasteiger partial charge in [-0.3, -0.25) is 4.68 Å². The fourth-order valence-corrected chi connectivity index (χ4v) is 2.22. The van der Waals surface area contributed by atoms with Crippen LogP contribution in [0.15, 0.2) is 17.8 Å². The summed E-state index contributed by atoms with van der Waals surface area (Å²) in [5.41, 5.74) is 0.676. The molecule has 0 aromatic carbocycles. The first-order valence-electron chi connectivity index (χ1n) is 5.78. The maximum Gasteiger partial charge on any atom is 0.339 e. The smallest absolute Gasteiger partial charge is 0.339 e. The van der Waals surface area contributed by atoms with Crippen LogP contribution in [-0.4, -0.2) is 25.8 Å². The van der Waals surface area contributed by atoms with E-state index in [1.807, 2.05) is 5.38 Å². The highest BCUT2D eigenvalue weighted by Crippen LogP contribution is 2.24. The molecule has 0 atom stereocenters. The van der Waals surface area contributed by atoms with E-state index < -0.39 is 5.97 Å². The number of hydrogen-bond acceptors (Lipinski definition) is 4. The Morgan fingerprint density at radius 1 is 1.56 bits per heavy atom. The molecular formula is C12H15N3O2S. The van der Waals surface area contributed by atoms with Crippen LogP contribution >= 0.6 is 11.3 Å². The number of carbonyl (C=O) groups is 1. The molecule has 2 aromatic heterocycles. The van der Waals surface area contributed by atoms with E-state index in [0.717, 1.165) is 13.0 Å². The second kappa shape index (κ2) is 5.30. The Hall–Kier alpha value is -1.69. The van der Waals surface area contributed by atoms with Crippen LogP contribution in [0.2, 0.25) is 0 Å². The third-order valence-electron chi connectivity index (χ3n) is 2.56. The topological polar surface area (TPSA) is 68.0 Å². The lowest BCUT2D eigenvalue weighted by molar-refractivity contribution is 0.0697. The van der Waals surface area contributed by atoms with E-state index in [2.05, 4.69) is 23.9 Å². The van der Waals surface area contributed by atoms with Gasteiger partial charge < -0.3 is 5.11 Å². The van der Waals surface area contributed by atoms with Crippen molar-refractivity contribution in [2.75, 3.05) is 0 Å². The van der Waals surface area contributed by atoms with Gasteiger partial charge in [-0.15, -0.1) is 11.3 Å². The molecule has 0 saturated carbocycles. The molecule has 0 aliphatic heterocycles. The molecular weight excluding hydrogens is 250 g/mol. The predicted octanol–water partition coefficient (Wildman–Crippen LogP) is 2.75. The molecule has 0 amide bonds. The lowest BCUT2D eigenvalue weighted by Crippen LogP contribution is -2.02. The molecule has 2 rings (SSSR count). The van der Waals surface area contributed by atoms with Crippen LogP contribution in [0, 0.1) is 5.92 Å². The average molecular weight is 265 g/mol. The van der Waals surface area contributed by atoms with E-state index in [0.29, 0.717) is 16.6 Å². The van der Waals surface area contributed by atoms with Crippen molar-refractivity contribution in [1.82, 2.24) is 14.8 Å². The van der Waals surface area contributed by atoms with E-state index in [-0.39, 0.29) is 5.56 Å². The zero-order valence-corrected chi connectivity index (χ0v) is 11.1. The number of thiazole rings is 1. The molecule has 0 spiro atoms. The van der Waals surface area contributed by atoms with Crippen LogP contribution in [0.25, 0.3) is 10.7 Å². The van der Waals surface area contributed by atoms with Crippen molar-refractivity contribution in [2.24, 2.45) is 5.92 Å². The Balaban J connectivity index is 2.30. The van der Waals surface area contributed by atoms with Crippen molar-refractivity contribution < 1.29 is 9.90 Å². The fourth-order valence-electron chi connectivity index (χ4n) is 1.58. The SMILES string of the molecule is CC(C)CCn1cc(C(=O)O)c(-c2nccs2)n1. The summed E-state index contributed by atoms with van der Waals surface area (Å²) >= 11 is 1.40. The molecule has 0 unspecified atom stereocenters. The highest BCUT2D eigenvalue weighted by atomic mass is 32.1. The maximum atomic E-state index is 11.2. The minimum absolute atomic E-state index is 0.216. The summed E-state index contributed by atoms with van der Waals surface area (Å²) in [6, 6.07) is 0. The van der Waals surface area contributed by atoms with Crippen molar-refractivity contribution in [3.05, 3.63) is 23.3 Å². The van der Waals surface area contributed by atoms with E-state index in [9.17, 15) is 9.90 Å². The highest BCUT2D eigenvalue weighted by Gasteiger charge is 2.18. The second-order valence-electron chi connectivity index (χ2n) is 4.48. The van der Waals surface area contributed by atoms with E-state index in [1.165, 1.54) is 11.3 Å². The molecule has 96 valence electrons. The molecule has 18 heavy (non-hydrogen) atoms. The van der Waals surface area contributed by atoms with Gasteiger partial charge in [-0.25, -0.2) is 9.78 Å². The first-order chi connectivity index (χ1) is 8.58. The zero-order valence-electron chi connectivity index (χ0n) is 10.3. The van der Waals surface area contributed by atoms with Gasteiger partial charge in [0.2, 0.25) is 0 Å². The Labute approximate surface area is 109 Å². The van der Waals surface area contributed by atoms with Gasteiger partial charge in [0.25, 0.3) is 0 Å². The van der Waals surface area contributed by atoms with Gasteiger partial charge in [0.1, 0.15) is 16.3 Å². The number of aryl methyl sites for hydroxylation is 1. The van der Waals surface area contributed by atoms with E-state index in [4.69, 9.17) is 0 Å². The molecule has 0 saturated heterocycles. The standard InChI is InChI=1S/C12H15N3O2S/c1-8(2)3-5-15-7-9(12(16)17)10(14-15)11-13-4-6-18-11/h4,6-8H,3,5H2,1-2H3,(H,16,17).